The van der Waals surface area contributed by atoms with E-state index >= 15 is 0 Å². The molecule has 0 aliphatic carbocycles. The number of benzene rings is 1. The molecule has 1 heterocycles. The molecule has 0 amide bonds. The SMILES string of the molecule is COCCOc1cccc(C2CCN[C@H](C)[C@@H]2C(=O)O)c1. The number of piperidine rings is 1. The second-order valence-electron chi connectivity index (χ2n) is 5.42. The predicted molar refractivity (Wildman–Crippen MR) is 79.8 cm³/mol. The molecular weight excluding hydrogens is 270 g/mol. The predicted octanol–water partition coefficient (Wildman–Crippen LogP) is 1.88. The van der Waals surface area contributed by atoms with E-state index in [0.717, 1.165) is 24.3 Å². The van der Waals surface area contributed by atoms with Crippen LogP contribution in [0.1, 0.15) is 24.8 Å². The topological polar surface area (TPSA) is 67.8 Å². The van der Waals surface area contributed by atoms with Crippen LogP contribution in [0.3, 0.4) is 0 Å². The van der Waals surface area contributed by atoms with Gasteiger partial charge in [-0.1, -0.05) is 12.1 Å². The first-order chi connectivity index (χ1) is 10.1. The molecular formula is C16H23NO4. The third-order valence-electron chi connectivity index (χ3n) is 4.02. The van der Waals surface area contributed by atoms with Crippen molar-refractivity contribution in [2.24, 2.45) is 5.92 Å². The van der Waals surface area contributed by atoms with Gasteiger partial charge in [-0.05, 0) is 37.6 Å². The molecule has 1 aliphatic heterocycles. The van der Waals surface area contributed by atoms with Crippen molar-refractivity contribution >= 4 is 5.97 Å². The molecule has 1 aliphatic rings. The lowest BCUT2D eigenvalue weighted by Gasteiger charge is -2.35. The Morgan fingerprint density at radius 1 is 1.43 bits per heavy atom. The first kappa shape index (κ1) is 15.8. The molecule has 0 aromatic heterocycles. The minimum absolute atomic E-state index is 0.0183. The maximum absolute atomic E-state index is 11.6. The van der Waals surface area contributed by atoms with Crippen molar-refractivity contribution < 1.29 is 19.4 Å². The molecule has 21 heavy (non-hydrogen) atoms. The van der Waals surface area contributed by atoms with Crippen LogP contribution >= 0.6 is 0 Å². The molecule has 2 rings (SSSR count). The molecule has 5 nitrogen and oxygen atoms in total. The molecule has 0 spiro atoms. The number of carboxylic acids is 1. The second kappa shape index (κ2) is 7.43. The third kappa shape index (κ3) is 3.95. The molecule has 1 fully saturated rings. The highest BCUT2D eigenvalue weighted by atomic mass is 16.5. The highest BCUT2D eigenvalue weighted by Gasteiger charge is 2.36. The number of ether oxygens (including phenoxy) is 2. The summed E-state index contributed by atoms with van der Waals surface area (Å²) < 4.78 is 10.6. The van der Waals surface area contributed by atoms with Gasteiger partial charge in [-0.3, -0.25) is 4.79 Å². The Labute approximate surface area is 125 Å². The standard InChI is InChI=1S/C16H23NO4/c1-11-15(16(18)19)14(6-7-17-11)12-4-3-5-13(10-12)21-9-8-20-2/h3-5,10-11,14-15,17H,6-9H2,1-2H3,(H,18,19)/t11-,14?,15+/m1/s1. The zero-order valence-electron chi connectivity index (χ0n) is 12.5. The van der Waals surface area contributed by atoms with Crippen LogP contribution in [0.5, 0.6) is 5.75 Å². The molecule has 1 aromatic rings. The summed E-state index contributed by atoms with van der Waals surface area (Å²) in [6.45, 7) is 3.80. The lowest BCUT2D eigenvalue weighted by Crippen LogP contribution is -2.46. The Morgan fingerprint density at radius 3 is 2.95 bits per heavy atom. The van der Waals surface area contributed by atoms with E-state index in [4.69, 9.17) is 9.47 Å². The first-order valence-corrected chi connectivity index (χ1v) is 7.31. The molecule has 1 unspecified atom stereocenters. The molecule has 116 valence electrons. The molecule has 1 saturated heterocycles. The van der Waals surface area contributed by atoms with Gasteiger partial charge >= 0.3 is 5.97 Å². The van der Waals surface area contributed by atoms with Gasteiger partial charge in [-0.2, -0.15) is 0 Å². The zero-order valence-corrected chi connectivity index (χ0v) is 12.5. The highest BCUT2D eigenvalue weighted by Crippen LogP contribution is 2.34. The zero-order chi connectivity index (χ0) is 15.2. The highest BCUT2D eigenvalue weighted by molar-refractivity contribution is 5.72. The largest absolute Gasteiger partial charge is 0.491 e. The van der Waals surface area contributed by atoms with Crippen LogP contribution in [0.25, 0.3) is 0 Å². The number of hydrogen-bond acceptors (Lipinski definition) is 4. The van der Waals surface area contributed by atoms with Gasteiger partial charge in [-0.15, -0.1) is 0 Å². The van der Waals surface area contributed by atoms with E-state index in [1.165, 1.54) is 0 Å². The number of aliphatic carboxylic acids is 1. The van der Waals surface area contributed by atoms with Crippen LogP contribution in [-0.4, -0.2) is 44.0 Å². The van der Waals surface area contributed by atoms with Gasteiger partial charge in [-0.25, -0.2) is 0 Å². The lowest BCUT2D eigenvalue weighted by atomic mass is 9.77. The number of methoxy groups -OCH3 is 1. The number of hydrogen-bond donors (Lipinski definition) is 2. The Hall–Kier alpha value is -1.59. The fraction of sp³-hybridized carbons (Fsp3) is 0.562. The van der Waals surface area contributed by atoms with E-state index in [1.54, 1.807) is 7.11 Å². The summed E-state index contributed by atoms with van der Waals surface area (Å²) in [4.78, 5) is 11.6. The molecule has 0 saturated carbocycles. The minimum atomic E-state index is -0.745. The monoisotopic (exact) mass is 293 g/mol. The molecule has 0 radical (unpaired) electrons. The normalized spacial score (nSPS) is 25.5. The smallest absolute Gasteiger partial charge is 0.308 e. The average molecular weight is 293 g/mol. The van der Waals surface area contributed by atoms with E-state index in [2.05, 4.69) is 5.32 Å². The lowest BCUT2D eigenvalue weighted by molar-refractivity contribution is -0.144. The second-order valence-corrected chi connectivity index (χ2v) is 5.42. The van der Waals surface area contributed by atoms with Crippen LogP contribution in [0.2, 0.25) is 0 Å². The fourth-order valence-corrected chi connectivity index (χ4v) is 2.96. The van der Waals surface area contributed by atoms with Crippen molar-refractivity contribution in [1.82, 2.24) is 5.32 Å². The molecule has 1 aromatic carbocycles. The summed E-state index contributed by atoms with van der Waals surface area (Å²) in [5.74, 6) is -0.372. The Bertz CT molecular complexity index is 477. The maximum atomic E-state index is 11.6. The number of carboxylic acid groups (broad SMARTS) is 1. The van der Waals surface area contributed by atoms with E-state index in [-0.39, 0.29) is 12.0 Å². The van der Waals surface area contributed by atoms with Crippen molar-refractivity contribution in [3.63, 3.8) is 0 Å². The Balaban J connectivity index is 2.15. The van der Waals surface area contributed by atoms with E-state index < -0.39 is 11.9 Å². The van der Waals surface area contributed by atoms with Gasteiger partial charge in [0.25, 0.3) is 0 Å². The van der Waals surface area contributed by atoms with Gasteiger partial charge in [0.15, 0.2) is 0 Å². The first-order valence-electron chi connectivity index (χ1n) is 7.31. The van der Waals surface area contributed by atoms with E-state index in [9.17, 15) is 9.90 Å². The summed E-state index contributed by atoms with van der Waals surface area (Å²) in [5, 5.41) is 12.7. The molecule has 0 bridgehead atoms. The van der Waals surface area contributed by atoms with Crippen LogP contribution in [0.15, 0.2) is 24.3 Å². The third-order valence-corrected chi connectivity index (χ3v) is 4.02. The van der Waals surface area contributed by atoms with Crippen LogP contribution in [0.4, 0.5) is 0 Å². The summed E-state index contributed by atoms with van der Waals surface area (Å²) in [6.07, 6.45) is 0.822. The van der Waals surface area contributed by atoms with E-state index in [1.807, 2.05) is 31.2 Å². The quantitative estimate of drug-likeness (QED) is 0.784. The molecule has 2 N–H and O–H groups in total. The van der Waals surface area contributed by atoms with Gasteiger partial charge in [0.1, 0.15) is 12.4 Å². The van der Waals surface area contributed by atoms with Crippen molar-refractivity contribution in [2.45, 2.75) is 25.3 Å². The van der Waals surface area contributed by atoms with Crippen LogP contribution in [-0.2, 0) is 9.53 Å². The average Bonchev–Trinajstić information content (AvgIpc) is 2.47. The minimum Gasteiger partial charge on any atom is -0.491 e. The van der Waals surface area contributed by atoms with E-state index in [0.29, 0.717) is 13.2 Å². The van der Waals surface area contributed by atoms with Crippen LogP contribution in [0, 0.1) is 5.92 Å². The van der Waals surface area contributed by atoms with Crippen molar-refractivity contribution in [1.29, 1.82) is 0 Å². The van der Waals surface area contributed by atoms with Crippen molar-refractivity contribution in [3.05, 3.63) is 29.8 Å². The Morgan fingerprint density at radius 2 is 2.24 bits per heavy atom. The number of nitrogens with one attached hydrogen (secondary N) is 1. The van der Waals surface area contributed by atoms with Gasteiger partial charge in [0.2, 0.25) is 0 Å². The summed E-state index contributed by atoms with van der Waals surface area (Å²) in [6, 6.07) is 7.72. The maximum Gasteiger partial charge on any atom is 0.308 e. The molecule has 5 heteroatoms. The van der Waals surface area contributed by atoms with Gasteiger partial charge < -0.3 is 19.9 Å². The summed E-state index contributed by atoms with van der Waals surface area (Å²) in [5.41, 5.74) is 1.03. The molecule has 3 atom stereocenters. The number of rotatable bonds is 6. The fourth-order valence-electron chi connectivity index (χ4n) is 2.96. The van der Waals surface area contributed by atoms with Crippen LogP contribution < -0.4 is 10.1 Å². The van der Waals surface area contributed by atoms with Gasteiger partial charge in [0, 0.05) is 19.1 Å². The van der Waals surface area contributed by atoms with Crippen molar-refractivity contribution in [2.75, 3.05) is 26.9 Å². The Kier molecular flexibility index (Phi) is 5.59. The summed E-state index contributed by atoms with van der Waals surface area (Å²) >= 11 is 0. The van der Waals surface area contributed by atoms with Crippen molar-refractivity contribution in [3.8, 4) is 5.75 Å². The van der Waals surface area contributed by atoms with Gasteiger partial charge in [0.05, 0.1) is 12.5 Å². The number of carbonyl (C=O) groups is 1. The summed E-state index contributed by atoms with van der Waals surface area (Å²) in [7, 11) is 1.63.